The lowest BCUT2D eigenvalue weighted by atomic mass is 10.2. The monoisotopic (exact) mass is 373 g/mol. The van der Waals surface area contributed by atoms with Crippen LogP contribution in [0.4, 0.5) is 11.4 Å². The highest BCUT2D eigenvalue weighted by molar-refractivity contribution is 7.93. The number of nitrogens with zero attached hydrogens (tertiary/aromatic N) is 4. The fraction of sp³-hybridized carbons (Fsp3) is 0.188. The molecule has 0 unspecified atom stereocenters. The van der Waals surface area contributed by atoms with Gasteiger partial charge in [-0.05, 0) is 36.8 Å². The molecule has 2 N–H and O–H groups in total. The fourth-order valence-corrected chi connectivity index (χ4v) is 4.42. The van der Waals surface area contributed by atoms with Crippen molar-refractivity contribution in [2.75, 3.05) is 21.9 Å². The Labute approximate surface area is 148 Å². The van der Waals surface area contributed by atoms with Crippen LogP contribution in [0.2, 0.25) is 0 Å². The van der Waals surface area contributed by atoms with Crippen molar-refractivity contribution in [2.45, 2.75) is 6.42 Å². The Morgan fingerprint density at radius 1 is 1.23 bits per heavy atom. The smallest absolute Gasteiger partial charge is 0.257 e. The minimum absolute atomic E-state index is 0.0918. The molecule has 26 heavy (non-hydrogen) atoms. The van der Waals surface area contributed by atoms with Crippen LogP contribution in [0.25, 0.3) is 5.65 Å². The molecule has 1 fully saturated rings. The van der Waals surface area contributed by atoms with Crippen LogP contribution in [0.5, 0.6) is 5.75 Å². The molecular weight excluding hydrogens is 358 g/mol. The summed E-state index contributed by atoms with van der Waals surface area (Å²) in [6.45, 7) is 0.380. The maximum Gasteiger partial charge on any atom is 0.257 e. The third kappa shape index (κ3) is 2.84. The van der Waals surface area contributed by atoms with Crippen LogP contribution >= 0.6 is 0 Å². The van der Waals surface area contributed by atoms with E-state index in [0.717, 1.165) is 0 Å². The fourth-order valence-electron chi connectivity index (χ4n) is 2.87. The van der Waals surface area contributed by atoms with Gasteiger partial charge in [0.15, 0.2) is 5.65 Å². The summed E-state index contributed by atoms with van der Waals surface area (Å²) in [6, 6.07) is 7.56. The van der Waals surface area contributed by atoms with Crippen LogP contribution in [0.15, 0.2) is 42.9 Å². The second-order valence-electron chi connectivity index (χ2n) is 5.91. The van der Waals surface area contributed by atoms with Crippen LogP contribution in [0.1, 0.15) is 16.8 Å². The molecule has 1 saturated heterocycles. The summed E-state index contributed by atoms with van der Waals surface area (Å²) in [4.78, 5) is 12.5. The van der Waals surface area contributed by atoms with E-state index in [1.165, 1.54) is 28.8 Å². The van der Waals surface area contributed by atoms with E-state index < -0.39 is 15.9 Å². The van der Waals surface area contributed by atoms with Crippen LogP contribution in [-0.4, -0.2) is 46.3 Å². The van der Waals surface area contributed by atoms with E-state index in [0.29, 0.717) is 29.9 Å². The van der Waals surface area contributed by atoms with Crippen molar-refractivity contribution in [2.24, 2.45) is 0 Å². The number of carbonyl (C=O) groups excluding carboxylic acids is 1. The van der Waals surface area contributed by atoms with Crippen LogP contribution < -0.4 is 9.62 Å². The molecule has 2 aromatic heterocycles. The van der Waals surface area contributed by atoms with Gasteiger partial charge in [-0.2, -0.15) is 0 Å². The molecule has 10 heteroatoms. The Morgan fingerprint density at radius 3 is 2.85 bits per heavy atom. The average Bonchev–Trinajstić information content (AvgIpc) is 3.21. The predicted molar refractivity (Wildman–Crippen MR) is 94.8 cm³/mol. The van der Waals surface area contributed by atoms with E-state index in [1.54, 1.807) is 22.7 Å². The SMILES string of the molecule is O=C(Nc1cc(N2CCCS2(=O)=O)ccc1O)c1ccc2nncn2c1. The van der Waals surface area contributed by atoms with Gasteiger partial charge in [0.05, 0.1) is 22.7 Å². The second-order valence-corrected chi connectivity index (χ2v) is 7.92. The summed E-state index contributed by atoms with van der Waals surface area (Å²) < 4.78 is 27.0. The van der Waals surface area contributed by atoms with Crippen molar-refractivity contribution in [1.29, 1.82) is 0 Å². The van der Waals surface area contributed by atoms with Crippen molar-refractivity contribution in [3.8, 4) is 5.75 Å². The number of pyridine rings is 1. The van der Waals surface area contributed by atoms with Crippen LogP contribution in [0.3, 0.4) is 0 Å². The lowest BCUT2D eigenvalue weighted by Gasteiger charge is -2.18. The molecule has 9 nitrogen and oxygen atoms in total. The molecule has 0 aliphatic carbocycles. The number of aromatic nitrogens is 3. The number of rotatable bonds is 3. The number of amides is 1. The lowest BCUT2D eigenvalue weighted by molar-refractivity contribution is 0.102. The molecule has 0 atom stereocenters. The van der Waals surface area contributed by atoms with Gasteiger partial charge in [0.1, 0.15) is 12.1 Å². The zero-order valence-corrected chi connectivity index (χ0v) is 14.3. The highest BCUT2D eigenvalue weighted by Gasteiger charge is 2.29. The third-order valence-electron chi connectivity index (χ3n) is 4.17. The summed E-state index contributed by atoms with van der Waals surface area (Å²) in [5.74, 6) is -0.504. The van der Waals surface area contributed by atoms with Crippen molar-refractivity contribution in [1.82, 2.24) is 14.6 Å². The Bertz CT molecular complexity index is 1110. The zero-order valence-electron chi connectivity index (χ0n) is 13.5. The van der Waals surface area contributed by atoms with Crippen molar-refractivity contribution in [3.63, 3.8) is 0 Å². The number of nitrogens with one attached hydrogen (secondary N) is 1. The van der Waals surface area contributed by atoms with Gasteiger partial charge in [-0.25, -0.2) is 8.42 Å². The Balaban J connectivity index is 1.63. The number of phenolic OH excluding ortho intramolecular Hbond substituents is 1. The molecule has 0 saturated carbocycles. The van der Waals surface area contributed by atoms with E-state index in [-0.39, 0.29) is 17.2 Å². The maximum atomic E-state index is 12.5. The highest BCUT2D eigenvalue weighted by Crippen LogP contribution is 2.32. The van der Waals surface area contributed by atoms with Crippen molar-refractivity contribution >= 4 is 33.0 Å². The minimum Gasteiger partial charge on any atom is -0.506 e. The van der Waals surface area contributed by atoms with Gasteiger partial charge in [0, 0.05) is 12.7 Å². The minimum atomic E-state index is -3.35. The van der Waals surface area contributed by atoms with E-state index in [4.69, 9.17) is 0 Å². The summed E-state index contributed by atoms with van der Waals surface area (Å²) in [5, 5.41) is 20.3. The highest BCUT2D eigenvalue weighted by atomic mass is 32.2. The standard InChI is InChI=1S/C16H15N5O4S/c22-14-4-3-12(21-6-1-7-26(21,24)25)8-13(14)18-16(23)11-2-5-15-19-17-10-20(15)9-11/h2-5,8-10,22H,1,6-7H2,(H,18,23). The van der Waals surface area contributed by atoms with Crippen molar-refractivity contribution in [3.05, 3.63) is 48.4 Å². The van der Waals surface area contributed by atoms with Gasteiger partial charge in [-0.1, -0.05) is 0 Å². The van der Waals surface area contributed by atoms with E-state index >= 15 is 0 Å². The van der Waals surface area contributed by atoms with E-state index in [9.17, 15) is 18.3 Å². The number of aromatic hydroxyl groups is 1. The van der Waals surface area contributed by atoms with E-state index in [2.05, 4.69) is 15.5 Å². The topological polar surface area (TPSA) is 117 Å². The van der Waals surface area contributed by atoms with Crippen molar-refractivity contribution < 1.29 is 18.3 Å². The predicted octanol–water partition coefficient (Wildman–Crippen LogP) is 1.23. The number of phenols is 1. The molecule has 0 radical (unpaired) electrons. The van der Waals surface area contributed by atoms with Crippen LogP contribution in [0, 0.1) is 0 Å². The first kappa shape index (κ1) is 16.3. The zero-order chi connectivity index (χ0) is 18.3. The summed E-state index contributed by atoms with van der Waals surface area (Å²) in [6.07, 6.45) is 3.59. The largest absolute Gasteiger partial charge is 0.506 e. The average molecular weight is 373 g/mol. The number of anilines is 2. The molecule has 3 heterocycles. The summed E-state index contributed by atoms with van der Waals surface area (Å²) >= 11 is 0. The first-order chi connectivity index (χ1) is 12.4. The molecule has 1 aliphatic heterocycles. The number of sulfonamides is 1. The summed E-state index contributed by atoms with van der Waals surface area (Å²) in [5.41, 5.74) is 1.49. The normalized spacial score (nSPS) is 16.1. The molecule has 1 aromatic carbocycles. The van der Waals surface area contributed by atoms with Gasteiger partial charge < -0.3 is 10.4 Å². The third-order valence-corrected chi connectivity index (χ3v) is 6.04. The summed E-state index contributed by atoms with van der Waals surface area (Å²) in [7, 11) is -3.35. The first-order valence-electron chi connectivity index (χ1n) is 7.88. The van der Waals surface area contributed by atoms with Gasteiger partial charge in [0.2, 0.25) is 10.0 Å². The van der Waals surface area contributed by atoms with E-state index in [1.807, 2.05) is 0 Å². The molecular formula is C16H15N5O4S. The van der Waals surface area contributed by atoms with Gasteiger partial charge in [-0.15, -0.1) is 10.2 Å². The second kappa shape index (κ2) is 5.99. The number of fused-ring (bicyclic) bond motifs is 1. The Morgan fingerprint density at radius 2 is 2.08 bits per heavy atom. The maximum absolute atomic E-state index is 12.5. The molecule has 3 aromatic rings. The number of hydrogen-bond acceptors (Lipinski definition) is 6. The molecule has 1 amide bonds. The molecule has 1 aliphatic rings. The Hall–Kier alpha value is -3.14. The number of carbonyl (C=O) groups is 1. The number of hydrogen-bond donors (Lipinski definition) is 2. The molecule has 0 bridgehead atoms. The molecule has 0 spiro atoms. The Kier molecular flexibility index (Phi) is 3.76. The van der Waals surface area contributed by atoms with Gasteiger partial charge in [0.25, 0.3) is 5.91 Å². The molecule has 134 valence electrons. The molecule has 4 rings (SSSR count). The lowest BCUT2D eigenvalue weighted by Crippen LogP contribution is -2.25. The first-order valence-corrected chi connectivity index (χ1v) is 9.49. The number of benzene rings is 1. The van der Waals surface area contributed by atoms with Gasteiger partial charge >= 0.3 is 0 Å². The van der Waals surface area contributed by atoms with Crippen LogP contribution in [-0.2, 0) is 10.0 Å². The van der Waals surface area contributed by atoms with Gasteiger partial charge in [-0.3, -0.25) is 13.5 Å². The quantitative estimate of drug-likeness (QED) is 0.667.